The number of hydrogen-bond acceptors (Lipinski definition) is 0. The van der Waals surface area contributed by atoms with E-state index in [9.17, 15) is 0 Å². The van der Waals surface area contributed by atoms with Crippen LogP contribution in [0.15, 0.2) is 24.3 Å². The van der Waals surface area contributed by atoms with Gasteiger partial charge in [-0.1, -0.05) is 0 Å². The van der Waals surface area contributed by atoms with E-state index in [4.69, 9.17) is 0 Å². The van der Waals surface area contributed by atoms with E-state index in [1.54, 1.807) is 0 Å². The summed E-state index contributed by atoms with van der Waals surface area (Å²) in [5.74, 6) is 0. The van der Waals surface area contributed by atoms with Crippen molar-refractivity contribution in [2.75, 3.05) is 0 Å². The molecule has 1 aromatic rings. The van der Waals surface area contributed by atoms with E-state index in [2.05, 4.69) is 47.2 Å². The van der Waals surface area contributed by atoms with Crippen molar-refractivity contribution in [2.45, 2.75) is 31.5 Å². The molecule has 0 spiro atoms. The van der Waals surface area contributed by atoms with Crippen LogP contribution in [0.25, 0.3) is 0 Å². The molecule has 0 atom stereocenters. The number of unbranched alkanes of at least 4 members (excludes halogenated alkanes) is 1. The molecule has 0 heterocycles. The quantitative estimate of drug-likeness (QED) is 0.692. The van der Waals surface area contributed by atoms with E-state index in [0.717, 1.165) is 5.32 Å². The van der Waals surface area contributed by atoms with Crippen molar-refractivity contribution in [3.8, 4) is 0 Å². The zero-order chi connectivity index (χ0) is 8.81. The van der Waals surface area contributed by atoms with Crippen LogP contribution in [0.3, 0.4) is 0 Å². The first-order valence-electron chi connectivity index (χ1n) is 4.53. The van der Waals surface area contributed by atoms with Gasteiger partial charge in [-0.15, -0.1) is 0 Å². The molecule has 0 saturated heterocycles. The molecule has 0 amide bonds. The van der Waals surface area contributed by atoms with Crippen LogP contribution in [-0.2, 0) is 11.7 Å². The van der Waals surface area contributed by atoms with Crippen molar-refractivity contribution < 1.29 is 0 Å². The molecule has 0 aliphatic carbocycles. The van der Waals surface area contributed by atoms with Gasteiger partial charge >= 0.3 is 82.9 Å². The van der Waals surface area contributed by atoms with Crippen LogP contribution in [0, 0.1) is 0 Å². The van der Waals surface area contributed by atoms with Gasteiger partial charge in [0.05, 0.1) is 0 Å². The molecule has 0 nitrogen and oxygen atoms in total. The molecule has 0 aliphatic heterocycles. The van der Waals surface area contributed by atoms with Gasteiger partial charge in [0, 0.05) is 0 Å². The summed E-state index contributed by atoms with van der Waals surface area (Å²) in [4.78, 5) is 0. The first kappa shape index (κ1) is 9.82. The summed E-state index contributed by atoms with van der Waals surface area (Å²) in [5.41, 5.74) is 2.98. The Bertz CT molecular complexity index is 230. The first-order valence-corrected chi connectivity index (χ1v) is 5.74. The molecule has 0 saturated carbocycles. The number of rotatable bonds is 4. The van der Waals surface area contributed by atoms with Crippen molar-refractivity contribution in [1.82, 2.24) is 0 Å². The van der Waals surface area contributed by atoms with Crippen LogP contribution in [0.4, 0.5) is 0 Å². The Morgan fingerprint density at radius 2 is 1.83 bits per heavy atom. The second kappa shape index (κ2) is 5.40. The van der Waals surface area contributed by atoms with Gasteiger partial charge in [0.2, 0.25) is 0 Å². The fourth-order valence-corrected chi connectivity index (χ4v) is 1.90. The molecule has 0 N–H and O–H groups in total. The summed E-state index contributed by atoms with van der Waals surface area (Å²) in [6.45, 7) is 2.24. The summed E-state index contributed by atoms with van der Waals surface area (Å²) >= 11 is 3.08. The minimum absolute atomic E-state index is 1.04. The number of benzene rings is 1. The average Bonchev–Trinajstić information content (AvgIpc) is 2.15. The van der Waals surface area contributed by atoms with Gasteiger partial charge in [-0.25, -0.2) is 0 Å². The van der Waals surface area contributed by atoms with Crippen LogP contribution in [0.1, 0.15) is 30.9 Å². The summed E-state index contributed by atoms with van der Waals surface area (Å²) in [6.07, 6.45) is 3.81. The van der Waals surface area contributed by atoms with Gasteiger partial charge in [0.15, 0.2) is 0 Å². The maximum atomic E-state index is 3.08. The van der Waals surface area contributed by atoms with Crippen molar-refractivity contribution in [3.63, 3.8) is 0 Å². The van der Waals surface area contributed by atoms with Crippen LogP contribution in [-0.4, -0.2) is 16.0 Å². The molecule has 0 bridgehead atoms. The first-order chi connectivity index (χ1) is 5.88. The topological polar surface area (TPSA) is 0 Å². The van der Waals surface area contributed by atoms with Gasteiger partial charge in [-0.2, -0.15) is 0 Å². The number of hydrogen-bond donors (Lipinski definition) is 0. The fraction of sp³-hybridized carbons (Fsp3) is 0.455. The third-order valence-corrected chi connectivity index (χ3v) is 2.73. The molecule has 1 radical (unpaired) electrons. The zero-order valence-corrected chi connectivity index (χ0v) is 9.26. The van der Waals surface area contributed by atoms with Crippen molar-refractivity contribution >= 4 is 16.0 Å². The fourth-order valence-electron chi connectivity index (χ4n) is 1.31. The predicted molar refractivity (Wildman–Crippen MR) is 54.5 cm³/mol. The Kier molecular flexibility index (Phi) is 4.42. The van der Waals surface area contributed by atoms with Gasteiger partial charge in [0.25, 0.3) is 0 Å². The Morgan fingerprint density at radius 1 is 1.17 bits per heavy atom. The summed E-state index contributed by atoms with van der Waals surface area (Å²) in [7, 11) is 0. The van der Waals surface area contributed by atoms with Crippen molar-refractivity contribution in [3.05, 3.63) is 35.4 Å². The van der Waals surface area contributed by atoms with Crippen molar-refractivity contribution in [1.29, 1.82) is 0 Å². The standard InChI is InChI=1S/C11H15Se/c1-2-3-6-10-7-4-5-8-11(10)9-12/h4-5,7-8H,2-3,6,9H2,1H3. The molecule has 65 valence electrons. The van der Waals surface area contributed by atoms with E-state index in [1.165, 1.54) is 30.4 Å². The predicted octanol–water partition coefficient (Wildman–Crippen LogP) is 2.70. The van der Waals surface area contributed by atoms with Crippen molar-refractivity contribution in [2.24, 2.45) is 0 Å². The molecular formula is C11H15Se. The Balaban J connectivity index is 2.68. The van der Waals surface area contributed by atoms with Crippen LogP contribution in [0.2, 0.25) is 0 Å². The summed E-state index contributed by atoms with van der Waals surface area (Å²) in [5, 5.41) is 1.04. The van der Waals surface area contributed by atoms with Gasteiger partial charge < -0.3 is 0 Å². The number of aryl methyl sites for hydroxylation is 1. The van der Waals surface area contributed by atoms with Gasteiger partial charge in [-0.3, -0.25) is 0 Å². The molecule has 1 rings (SSSR count). The van der Waals surface area contributed by atoms with E-state index < -0.39 is 0 Å². The van der Waals surface area contributed by atoms with E-state index in [-0.39, 0.29) is 0 Å². The van der Waals surface area contributed by atoms with E-state index in [1.807, 2.05) is 0 Å². The Morgan fingerprint density at radius 3 is 2.42 bits per heavy atom. The second-order valence-electron chi connectivity index (χ2n) is 3.02. The molecule has 0 unspecified atom stereocenters. The SMILES string of the molecule is CCCCc1ccccc1C[Se]. The van der Waals surface area contributed by atoms with Crippen LogP contribution < -0.4 is 0 Å². The molecule has 0 fully saturated rings. The maximum absolute atomic E-state index is 3.08. The van der Waals surface area contributed by atoms with E-state index in [0.29, 0.717) is 0 Å². The molecule has 0 aromatic heterocycles. The third kappa shape index (κ3) is 2.65. The Hall–Kier alpha value is -0.261. The van der Waals surface area contributed by atoms with Crippen LogP contribution in [0.5, 0.6) is 0 Å². The van der Waals surface area contributed by atoms with Gasteiger partial charge in [-0.05, 0) is 0 Å². The Labute approximate surface area is 83.2 Å². The molecule has 1 heteroatoms. The third-order valence-electron chi connectivity index (χ3n) is 2.07. The zero-order valence-electron chi connectivity index (χ0n) is 7.55. The summed E-state index contributed by atoms with van der Waals surface area (Å²) < 4.78 is 0. The molecule has 0 aliphatic rings. The minimum atomic E-state index is 1.04. The van der Waals surface area contributed by atoms with Crippen LogP contribution >= 0.6 is 0 Å². The normalized spacial score (nSPS) is 10.2. The second-order valence-corrected chi connectivity index (χ2v) is 3.62. The molecule has 1 aromatic carbocycles. The summed E-state index contributed by atoms with van der Waals surface area (Å²) in [6, 6.07) is 8.69. The van der Waals surface area contributed by atoms with Gasteiger partial charge in [0.1, 0.15) is 0 Å². The average molecular weight is 226 g/mol. The monoisotopic (exact) mass is 227 g/mol. The molecular weight excluding hydrogens is 211 g/mol. The van der Waals surface area contributed by atoms with E-state index >= 15 is 0 Å². The molecule has 12 heavy (non-hydrogen) atoms.